The molecule has 1 saturated heterocycles. The Bertz CT molecular complexity index is 4520. The fraction of sp³-hybridized carbons (Fsp3) is 0.279. The summed E-state index contributed by atoms with van der Waals surface area (Å²) in [5, 5.41) is 45.6. The van der Waals surface area contributed by atoms with Gasteiger partial charge in [0, 0.05) is 12.1 Å². The Kier molecular flexibility index (Phi) is 6.27. The van der Waals surface area contributed by atoms with Crippen molar-refractivity contribution < 1.29 is 14.2 Å². The first-order valence-electron chi connectivity index (χ1n) is 25.2. The van der Waals surface area contributed by atoms with Gasteiger partial charge in [-0.25, -0.2) is 0 Å². The van der Waals surface area contributed by atoms with E-state index >= 15 is 0 Å². The highest BCUT2D eigenvalue weighted by Gasteiger charge is 2.74. The van der Waals surface area contributed by atoms with Gasteiger partial charge in [-0.3, -0.25) is 4.90 Å². The number of nitrogens with zero attached hydrogens (tertiary/aromatic N) is 1. The molecule has 330 valence electrons. The molecule has 0 amide bonds. The second kappa shape index (κ2) is 11.7. The fourth-order valence-electron chi connectivity index (χ4n) is 17.1. The van der Waals surface area contributed by atoms with Crippen LogP contribution in [0, 0.1) is 0 Å². The number of likely N-dealkylation sites (tertiary alicyclic amines) is 1. The van der Waals surface area contributed by atoms with Crippen LogP contribution in [0.5, 0.6) is 17.2 Å². The maximum Gasteiger partial charge on any atom is 0.203 e. The molecule has 2 spiro atoms. The molecule has 3 unspecified atom stereocenters. The molecule has 7 nitrogen and oxygen atoms in total. The van der Waals surface area contributed by atoms with Gasteiger partial charge in [0.05, 0.1) is 36.7 Å². The van der Waals surface area contributed by atoms with E-state index in [1.165, 1.54) is 129 Å². The Morgan fingerprint density at radius 3 is 1.49 bits per heavy atom. The van der Waals surface area contributed by atoms with E-state index in [4.69, 9.17) is 14.2 Å². The number of nitrogens with one attached hydrogen (secondary N) is 3. The number of fused-ring (bicyclic) bond motifs is 3. The number of benzene rings is 9. The van der Waals surface area contributed by atoms with Crippen molar-refractivity contribution in [3.63, 3.8) is 0 Å². The van der Waals surface area contributed by atoms with Gasteiger partial charge >= 0.3 is 0 Å². The summed E-state index contributed by atoms with van der Waals surface area (Å²) in [5.74, 6) is 2.34. The van der Waals surface area contributed by atoms with Crippen LogP contribution in [0.1, 0.15) is 42.0 Å². The van der Waals surface area contributed by atoms with Gasteiger partial charge in [0.25, 0.3) is 0 Å². The third-order valence-corrected chi connectivity index (χ3v) is 18.8. The molecule has 0 radical (unpaired) electrons. The second-order valence-electron chi connectivity index (χ2n) is 21.3. The average molecular weight is 885 g/mol. The molecular weight excluding hydrogens is 837 g/mol. The van der Waals surface area contributed by atoms with Crippen molar-refractivity contribution in [2.24, 2.45) is 0 Å². The molecule has 0 saturated carbocycles. The highest BCUT2D eigenvalue weighted by Crippen LogP contribution is 2.78. The summed E-state index contributed by atoms with van der Waals surface area (Å²) >= 11 is 0. The molecule has 4 aliphatic carbocycles. The van der Waals surface area contributed by atoms with Gasteiger partial charge in [-0.15, -0.1) is 0 Å². The van der Waals surface area contributed by atoms with Gasteiger partial charge in [0.15, 0.2) is 11.5 Å². The first-order chi connectivity index (χ1) is 33.6. The summed E-state index contributed by atoms with van der Waals surface area (Å²) in [4.78, 5) is 2.74. The molecule has 18 rings (SSSR count). The quantitative estimate of drug-likeness (QED) is 0.0660. The van der Waals surface area contributed by atoms with Crippen LogP contribution >= 0.6 is 0 Å². The van der Waals surface area contributed by atoms with Crippen LogP contribution in [0.4, 0.5) is 0 Å². The van der Waals surface area contributed by atoms with Gasteiger partial charge in [-0.1, -0.05) is 60.7 Å². The molecule has 1 heterocycles. The van der Waals surface area contributed by atoms with Crippen molar-refractivity contribution >= 4 is 130 Å². The number of ether oxygens (including phenoxy) is 3. The van der Waals surface area contributed by atoms with Crippen molar-refractivity contribution in [1.29, 1.82) is 0 Å². The van der Waals surface area contributed by atoms with Crippen LogP contribution in [0.15, 0.2) is 72.8 Å². The molecule has 13 aromatic rings. The number of hydrogen-bond donors (Lipinski definition) is 3. The lowest BCUT2D eigenvalue weighted by atomic mass is 9.47. The summed E-state index contributed by atoms with van der Waals surface area (Å²) in [6, 6.07) is 24.5. The largest absolute Gasteiger partial charge is 0.489 e. The number of likely N-dealkylation sites (N-methyl/N-ethyl adjacent to an activating group) is 1. The summed E-state index contributed by atoms with van der Waals surface area (Å²) in [5.41, 5.74) is 6.51. The lowest BCUT2D eigenvalue weighted by molar-refractivity contribution is 0.224. The molecule has 1 aliphatic heterocycles. The number of rotatable bonds is 16. The monoisotopic (exact) mass is 884 g/mol. The maximum absolute atomic E-state index is 7.27. The maximum atomic E-state index is 7.27. The van der Waals surface area contributed by atoms with E-state index in [0.717, 1.165) is 62.7 Å². The molecule has 1 fully saturated rings. The molecule has 3 N–H and O–H groups in total. The van der Waals surface area contributed by atoms with E-state index in [1.807, 2.05) is 21.1 Å². The zero-order valence-electron chi connectivity index (χ0n) is 38.7. The van der Waals surface area contributed by atoms with Gasteiger partial charge in [0.1, 0.15) is 0 Å². The zero-order valence-corrected chi connectivity index (χ0v) is 38.7. The lowest BCUT2D eigenvalue weighted by Gasteiger charge is -2.52. The SMILES string of the molecule is CNCCCOc1ccc(C2N(C)CC34C5=c6ccc7c8ccc9c%10ccc%11c%12ccc%13c%14c(c%15c%16c3c6c7c3c8c9c6c%10c%11c(c%14%12)c%15c6c%163)C24C=%13C=C5)c(OCCCNC)c1OCCCNC. The first-order valence-corrected chi connectivity index (χ1v) is 25.2. The highest BCUT2D eigenvalue weighted by atomic mass is 16.5. The lowest BCUT2D eigenvalue weighted by Crippen LogP contribution is -2.52. The summed E-state index contributed by atoms with van der Waals surface area (Å²) < 4.78 is 21.0. The van der Waals surface area contributed by atoms with E-state index in [1.54, 1.807) is 27.3 Å². The Hall–Kier alpha value is -6.48. The van der Waals surface area contributed by atoms with Crippen LogP contribution in [-0.4, -0.2) is 79.1 Å². The van der Waals surface area contributed by atoms with E-state index < -0.39 is 5.41 Å². The van der Waals surface area contributed by atoms with Crippen molar-refractivity contribution in [3.05, 3.63) is 99.9 Å². The van der Waals surface area contributed by atoms with Gasteiger partial charge in [-0.05, 0) is 230 Å². The van der Waals surface area contributed by atoms with Gasteiger partial charge < -0.3 is 30.2 Å². The zero-order chi connectivity index (χ0) is 44.4. The third kappa shape index (κ3) is 3.38. The molecule has 5 aliphatic rings. The van der Waals surface area contributed by atoms with Crippen LogP contribution in [-0.2, 0) is 10.8 Å². The van der Waals surface area contributed by atoms with Gasteiger partial charge in [-0.2, -0.15) is 0 Å². The predicted molar refractivity (Wildman–Crippen MR) is 281 cm³/mol. The number of hydrogen-bond acceptors (Lipinski definition) is 7. The molecule has 0 bridgehead atoms. The summed E-state index contributed by atoms with van der Waals surface area (Å²) in [6.45, 7) is 5.23. The molecule has 7 heteroatoms. The summed E-state index contributed by atoms with van der Waals surface area (Å²) in [6.07, 6.45) is 7.81. The van der Waals surface area contributed by atoms with Gasteiger partial charge in [0.2, 0.25) is 5.75 Å². The predicted octanol–water partition coefficient (Wildman–Crippen LogP) is 9.91. The number of allylic oxidation sites excluding steroid dienone is 2. The topological polar surface area (TPSA) is 67.0 Å². The Balaban J connectivity index is 1.04. The normalized spacial score (nSPS) is 21.7. The van der Waals surface area contributed by atoms with Crippen molar-refractivity contribution in [2.75, 3.05) is 74.2 Å². The average Bonchev–Trinajstić information content (AvgIpc) is 4.21. The smallest absolute Gasteiger partial charge is 0.203 e. The third-order valence-electron chi connectivity index (χ3n) is 18.8. The van der Waals surface area contributed by atoms with E-state index in [9.17, 15) is 0 Å². The Labute approximate surface area is 390 Å². The minimum absolute atomic E-state index is 0.0799. The standard InChI is InChI=1S/C61H48N4O3/c1-62-20-5-23-66-38-19-16-35(57(67-24-6-21-63-2)58(38)68-25-7-22-64-3)59-61-37-18-17-36-33-14-12-31-29-10-8-27-28-9-11-30-32-13-15-34(37)46-44(32)49-42(30)40(28)47-39(27)41(29)48-43(31)45(33)55(60(36,61)26-65(59)4)53-51(48)50(47)52(49)54(53)56(46)61/h8-19,59,62-64H,5-7,20-26H2,1-4H3. The molecule has 68 heavy (non-hydrogen) atoms. The Morgan fingerprint density at radius 1 is 0.471 bits per heavy atom. The van der Waals surface area contributed by atoms with Crippen LogP contribution < -0.4 is 40.6 Å². The molecule has 13 aromatic carbocycles. The van der Waals surface area contributed by atoms with E-state index in [0.29, 0.717) is 19.8 Å². The molecule has 3 atom stereocenters. The van der Waals surface area contributed by atoms with Crippen molar-refractivity contribution in [3.8, 4) is 17.2 Å². The molecule has 0 aromatic heterocycles. The fourth-order valence-corrected chi connectivity index (χ4v) is 17.1. The molecular formula is C61H48N4O3. The summed E-state index contributed by atoms with van der Waals surface area (Å²) in [7, 11) is 8.45. The van der Waals surface area contributed by atoms with Crippen molar-refractivity contribution in [1.82, 2.24) is 20.9 Å². The highest BCUT2D eigenvalue weighted by molar-refractivity contribution is 6.64. The Morgan fingerprint density at radius 2 is 0.912 bits per heavy atom. The van der Waals surface area contributed by atoms with Crippen LogP contribution in [0.2, 0.25) is 0 Å². The minimum Gasteiger partial charge on any atom is -0.489 e. The van der Waals surface area contributed by atoms with Crippen LogP contribution in [0.25, 0.3) is 130 Å². The van der Waals surface area contributed by atoms with E-state index in [-0.39, 0.29) is 11.5 Å². The van der Waals surface area contributed by atoms with Crippen molar-refractivity contribution in [2.45, 2.75) is 36.1 Å². The van der Waals surface area contributed by atoms with Crippen LogP contribution in [0.3, 0.4) is 0 Å². The van der Waals surface area contributed by atoms with E-state index in [2.05, 4.69) is 101 Å². The second-order valence-corrected chi connectivity index (χ2v) is 21.3. The minimum atomic E-state index is -0.464. The first kappa shape index (κ1) is 36.5.